The third kappa shape index (κ3) is 2.14. The van der Waals surface area contributed by atoms with Gasteiger partial charge in [-0.05, 0) is 30.5 Å². The van der Waals surface area contributed by atoms with Crippen molar-refractivity contribution in [3.63, 3.8) is 0 Å². The molecule has 102 valence electrons. The quantitative estimate of drug-likeness (QED) is 0.692. The van der Waals surface area contributed by atoms with Gasteiger partial charge in [-0.2, -0.15) is 0 Å². The lowest BCUT2D eigenvalue weighted by Gasteiger charge is -2.15. The third-order valence-electron chi connectivity index (χ3n) is 3.17. The smallest absolute Gasteiger partial charge is 0.272 e. The van der Waals surface area contributed by atoms with Crippen LogP contribution in [0.4, 0.5) is 5.69 Å². The number of thiophene rings is 1. The van der Waals surface area contributed by atoms with Crippen molar-refractivity contribution in [3.05, 3.63) is 61.3 Å². The highest BCUT2D eigenvalue weighted by atomic mass is 32.1. The number of H-pyrrole nitrogens is 2. The molecule has 0 aliphatic rings. The molecule has 0 fully saturated rings. The highest BCUT2D eigenvalue weighted by Crippen LogP contribution is 2.25. The zero-order valence-corrected chi connectivity index (χ0v) is 11.6. The minimum absolute atomic E-state index is 0.0688. The molecule has 2 aromatic heterocycles. The molecule has 0 spiro atoms. The number of fused-ring (bicyclic) bond motifs is 1. The van der Waals surface area contributed by atoms with Crippen LogP contribution in [0.2, 0.25) is 0 Å². The lowest BCUT2D eigenvalue weighted by Crippen LogP contribution is -2.20. The molecule has 0 saturated carbocycles. The molecule has 20 heavy (non-hydrogen) atoms. The number of anilines is 1. The summed E-state index contributed by atoms with van der Waals surface area (Å²) >= 11 is 1.65. The van der Waals surface area contributed by atoms with Crippen molar-refractivity contribution >= 4 is 27.8 Å². The molecule has 2 heterocycles. The second-order valence-electron chi connectivity index (χ2n) is 4.52. The van der Waals surface area contributed by atoms with E-state index in [9.17, 15) is 9.59 Å². The molecule has 0 aliphatic heterocycles. The number of hydrogen-bond acceptors (Lipinski definition) is 4. The first-order valence-electron chi connectivity index (χ1n) is 6.20. The Morgan fingerprint density at radius 1 is 1.10 bits per heavy atom. The van der Waals surface area contributed by atoms with E-state index in [-0.39, 0.29) is 17.2 Å². The van der Waals surface area contributed by atoms with Gasteiger partial charge in [0.1, 0.15) is 0 Å². The summed E-state index contributed by atoms with van der Waals surface area (Å²) in [6.45, 7) is 2.02. The first kappa shape index (κ1) is 12.7. The topological polar surface area (TPSA) is 77.8 Å². The lowest BCUT2D eigenvalue weighted by atomic mass is 10.1. The number of aromatic amines is 2. The normalized spacial score (nSPS) is 12.4. The third-order valence-corrected chi connectivity index (χ3v) is 4.22. The number of aromatic nitrogens is 2. The van der Waals surface area contributed by atoms with E-state index >= 15 is 0 Å². The van der Waals surface area contributed by atoms with Crippen LogP contribution in [0.3, 0.4) is 0 Å². The Labute approximate surface area is 118 Å². The molecule has 0 bridgehead atoms. The van der Waals surface area contributed by atoms with Gasteiger partial charge < -0.3 is 5.32 Å². The summed E-state index contributed by atoms with van der Waals surface area (Å²) < 4.78 is 0. The first-order valence-corrected chi connectivity index (χ1v) is 7.08. The van der Waals surface area contributed by atoms with Crippen LogP contribution < -0.4 is 16.4 Å². The highest BCUT2D eigenvalue weighted by Gasteiger charge is 2.11. The maximum absolute atomic E-state index is 12.0. The van der Waals surface area contributed by atoms with Gasteiger partial charge in [-0.25, -0.2) is 0 Å². The highest BCUT2D eigenvalue weighted by molar-refractivity contribution is 7.10. The van der Waals surface area contributed by atoms with E-state index in [0.717, 1.165) is 0 Å². The predicted molar refractivity (Wildman–Crippen MR) is 81.5 cm³/mol. The Kier molecular flexibility index (Phi) is 3.15. The number of rotatable bonds is 3. The molecule has 0 radical (unpaired) electrons. The van der Waals surface area contributed by atoms with Crippen LogP contribution in [0.1, 0.15) is 17.8 Å². The molecule has 3 N–H and O–H groups in total. The Morgan fingerprint density at radius 3 is 2.65 bits per heavy atom. The van der Waals surface area contributed by atoms with E-state index < -0.39 is 0 Å². The standard InChI is InChI=1S/C14H13N3O2S/c1-8(11-6-3-7-20-11)15-10-5-2-4-9-12(10)14(19)17-16-13(9)18/h2-8,15H,1H3,(H,16,18)(H,17,19). The van der Waals surface area contributed by atoms with Crippen LogP contribution in [0.5, 0.6) is 0 Å². The predicted octanol–water partition coefficient (Wildman–Crippen LogP) is 2.45. The maximum atomic E-state index is 12.0. The van der Waals surface area contributed by atoms with E-state index in [1.165, 1.54) is 4.88 Å². The second-order valence-corrected chi connectivity index (χ2v) is 5.50. The fourth-order valence-corrected chi connectivity index (χ4v) is 2.93. The fraction of sp³-hybridized carbons (Fsp3) is 0.143. The molecular weight excluding hydrogens is 274 g/mol. The van der Waals surface area contributed by atoms with Crippen molar-refractivity contribution < 1.29 is 0 Å². The van der Waals surface area contributed by atoms with E-state index in [1.54, 1.807) is 29.5 Å². The van der Waals surface area contributed by atoms with Crippen LogP contribution in [-0.2, 0) is 0 Å². The van der Waals surface area contributed by atoms with Gasteiger partial charge in [-0.15, -0.1) is 11.3 Å². The van der Waals surface area contributed by atoms with Crippen LogP contribution in [0.25, 0.3) is 10.8 Å². The largest absolute Gasteiger partial charge is 0.377 e. The van der Waals surface area contributed by atoms with Gasteiger partial charge in [0.25, 0.3) is 11.1 Å². The minimum atomic E-state index is -0.305. The van der Waals surface area contributed by atoms with Gasteiger partial charge in [0.2, 0.25) is 0 Å². The second kappa shape index (κ2) is 4.97. The Hall–Kier alpha value is -2.34. The lowest BCUT2D eigenvalue weighted by molar-refractivity contribution is 0.908. The molecule has 0 saturated heterocycles. The van der Waals surface area contributed by atoms with E-state index in [4.69, 9.17) is 0 Å². The zero-order chi connectivity index (χ0) is 14.1. The molecular formula is C14H13N3O2S. The summed E-state index contributed by atoms with van der Waals surface area (Å²) in [7, 11) is 0. The van der Waals surface area contributed by atoms with Gasteiger partial charge in [0.05, 0.1) is 16.8 Å². The van der Waals surface area contributed by atoms with Crippen LogP contribution in [0.15, 0.2) is 45.3 Å². The molecule has 3 rings (SSSR count). The number of hydrogen-bond donors (Lipinski definition) is 3. The fourth-order valence-electron chi connectivity index (χ4n) is 2.19. The SMILES string of the molecule is CC(Nc1cccc2c(=O)[nH][nH]c(=O)c12)c1cccs1. The molecule has 0 amide bonds. The van der Waals surface area contributed by atoms with Crippen molar-refractivity contribution in [2.45, 2.75) is 13.0 Å². The Morgan fingerprint density at radius 2 is 1.90 bits per heavy atom. The minimum Gasteiger partial charge on any atom is -0.377 e. The molecule has 1 atom stereocenters. The van der Waals surface area contributed by atoms with E-state index in [0.29, 0.717) is 16.5 Å². The molecule has 6 heteroatoms. The Balaban J connectivity index is 2.11. The van der Waals surface area contributed by atoms with Crippen molar-refractivity contribution in [1.82, 2.24) is 10.2 Å². The van der Waals surface area contributed by atoms with Gasteiger partial charge in [-0.3, -0.25) is 19.8 Å². The summed E-state index contributed by atoms with van der Waals surface area (Å²) in [5.41, 5.74) is 0.0591. The van der Waals surface area contributed by atoms with Gasteiger partial charge >= 0.3 is 0 Å². The summed E-state index contributed by atoms with van der Waals surface area (Å²) in [6.07, 6.45) is 0. The van der Waals surface area contributed by atoms with E-state index in [2.05, 4.69) is 15.5 Å². The van der Waals surface area contributed by atoms with Gasteiger partial charge in [0, 0.05) is 10.6 Å². The van der Waals surface area contributed by atoms with Crippen molar-refractivity contribution in [1.29, 1.82) is 0 Å². The maximum Gasteiger partial charge on any atom is 0.272 e. The zero-order valence-electron chi connectivity index (χ0n) is 10.8. The van der Waals surface area contributed by atoms with Gasteiger partial charge in [0.15, 0.2) is 0 Å². The van der Waals surface area contributed by atoms with Gasteiger partial charge in [-0.1, -0.05) is 12.1 Å². The average Bonchev–Trinajstić information content (AvgIpc) is 2.97. The molecule has 1 unspecified atom stereocenters. The molecule has 1 aromatic carbocycles. The van der Waals surface area contributed by atoms with Crippen LogP contribution in [0, 0.1) is 0 Å². The monoisotopic (exact) mass is 287 g/mol. The van der Waals surface area contributed by atoms with Crippen molar-refractivity contribution in [2.75, 3.05) is 5.32 Å². The summed E-state index contributed by atoms with van der Waals surface area (Å²) in [5.74, 6) is 0. The summed E-state index contributed by atoms with van der Waals surface area (Å²) in [5, 5.41) is 10.8. The molecule has 3 aromatic rings. The molecule has 0 aliphatic carbocycles. The molecule has 5 nitrogen and oxygen atoms in total. The van der Waals surface area contributed by atoms with Crippen molar-refractivity contribution in [3.8, 4) is 0 Å². The first-order chi connectivity index (χ1) is 9.66. The Bertz CT molecular complexity index is 849. The number of nitrogens with one attached hydrogen (secondary N) is 3. The summed E-state index contributed by atoms with van der Waals surface area (Å²) in [4.78, 5) is 24.9. The van der Waals surface area contributed by atoms with Crippen LogP contribution in [-0.4, -0.2) is 10.2 Å². The van der Waals surface area contributed by atoms with Crippen LogP contribution >= 0.6 is 11.3 Å². The van der Waals surface area contributed by atoms with E-state index in [1.807, 2.05) is 24.4 Å². The average molecular weight is 287 g/mol. The summed E-state index contributed by atoms with van der Waals surface area (Å²) in [6, 6.07) is 9.30. The van der Waals surface area contributed by atoms with Crippen molar-refractivity contribution in [2.24, 2.45) is 0 Å². The number of benzene rings is 1.